The second-order valence-electron chi connectivity index (χ2n) is 6.03. The number of amides is 1. The number of ether oxygens (including phenoxy) is 1. The molecule has 1 amide bonds. The van der Waals surface area contributed by atoms with Crippen molar-refractivity contribution in [3.05, 3.63) is 65.7 Å². The molecule has 0 saturated carbocycles. The average molecular weight is 333 g/mol. The molecule has 0 radical (unpaired) electrons. The van der Waals surface area contributed by atoms with Gasteiger partial charge in [-0.1, -0.05) is 42.5 Å². The van der Waals surface area contributed by atoms with Crippen LogP contribution in [0.3, 0.4) is 0 Å². The highest BCUT2D eigenvalue weighted by Gasteiger charge is 2.31. The monoisotopic (exact) mass is 333 g/mol. The van der Waals surface area contributed by atoms with Crippen LogP contribution < -0.4 is 10.1 Å². The van der Waals surface area contributed by atoms with Crippen LogP contribution in [0.2, 0.25) is 0 Å². The highest BCUT2D eigenvalue weighted by Crippen LogP contribution is 2.41. The van der Waals surface area contributed by atoms with E-state index in [1.165, 1.54) is 0 Å². The Labute approximate surface area is 146 Å². The number of H-pyrrole nitrogens is 1. The van der Waals surface area contributed by atoms with Crippen LogP contribution in [-0.2, 0) is 4.79 Å². The van der Waals surface area contributed by atoms with E-state index in [1.807, 2.05) is 61.5 Å². The molecule has 2 heterocycles. The highest BCUT2D eigenvalue weighted by atomic mass is 16.5. The van der Waals surface area contributed by atoms with E-state index in [1.54, 1.807) is 0 Å². The molecule has 3 aromatic rings. The molecule has 25 heavy (non-hydrogen) atoms. The molecule has 5 heteroatoms. The Bertz CT molecular complexity index is 885. The lowest BCUT2D eigenvalue weighted by atomic mass is 9.84. The van der Waals surface area contributed by atoms with Gasteiger partial charge >= 0.3 is 0 Å². The maximum absolute atomic E-state index is 12.1. The standard InChI is InChI=1S/C20H19N3O2/c1-2-25-15-10-8-13(9-11-15)16-12-17(24)21-20-18(16)19(22-23-20)14-6-4-3-5-7-14/h3-11,16H,2,12H2,1H3,(H2,21,22,23,24)/t16-/m0/s1. The van der Waals surface area contributed by atoms with Gasteiger partial charge in [0, 0.05) is 17.9 Å². The van der Waals surface area contributed by atoms with E-state index in [4.69, 9.17) is 4.74 Å². The van der Waals surface area contributed by atoms with Crippen molar-refractivity contribution in [3.8, 4) is 17.0 Å². The van der Waals surface area contributed by atoms with Crippen molar-refractivity contribution in [3.63, 3.8) is 0 Å². The van der Waals surface area contributed by atoms with Crippen LogP contribution in [-0.4, -0.2) is 22.7 Å². The molecule has 0 fully saturated rings. The molecule has 1 atom stereocenters. The van der Waals surface area contributed by atoms with Crippen LogP contribution in [0.15, 0.2) is 54.6 Å². The summed E-state index contributed by atoms with van der Waals surface area (Å²) < 4.78 is 5.52. The van der Waals surface area contributed by atoms with Gasteiger partial charge in [-0.3, -0.25) is 9.89 Å². The summed E-state index contributed by atoms with van der Waals surface area (Å²) >= 11 is 0. The number of anilines is 1. The summed E-state index contributed by atoms with van der Waals surface area (Å²) in [5.74, 6) is 1.40. The third kappa shape index (κ3) is 2.89. The van der Waals surface area contributed by atoms with Crippen molar-refractivity contribution < 1.29 is 9.53 Å². The molecular weight excluding hydrogens is 314 g/mol. The van der Waals surface area contributed by atoms with Gasteiger partial charge in [0.15, 0.2) is 5.82 Å². The fourth-order valence-corrected chi connectivity index (χ4v) is 3.33. The molecule has 0 bridgehead atoms. The Balaban J connectivity index is 1.78. The first kappa shape index (κ1) is 15.4. The molecule has 0 saturated heterocycles. The number of carbonyl (C=O) groups excluding carboxylic acids is 1. The molecule has 5 nitrogen and oxygen atoms in total. The number of nitrogens with one attached hydrogen (secondary N) is 2. The maximum Gasteiger partial charge on any atom is 0.226 e. The normalized spacial score (nSPS) is 16.2. The third-order valence-electron chi connectivity index (χ3n) is 4.46. The van der Waals surface area contributed by atoms with Crippen LogP contribution in [0, 0.1) is 0 Å². The van der Waals surface area contributed by atoms with E-state index in [0.717, 1.165) is 28.1 Å². The summed E-state index contributed by atoms with van der Waals surface area (Å²) in [4.78, 5) is 12.1. The number of hydrogen-bond donors (Lipinski definition) is 2. The summed E-state index contributed by atoms with van der Waals surface area (Å²) in [5.41, 5.74) is 4.13. The summed E-state index contributed by atoms with van der Waals surface area (Å²) in [6, 6.07) is 18.0. The second-order valence-corrected chi connectivity index (χ2v) is 6.03. The van der Waals surface area contributed by atoms with Gasteiger partial charge < -0.3 is 10.1 Å². The minimum Gasteiger partial charge on any atom is -0.494 e. The van der Waals surface area contributed by atoms with Crippen molar-refractivity contribution >= 4 is 11.7 Å². The average Bonchev–Trinajstić information content (AvgIpc) is 3.06. The van der Waals surface area contributed by atoms with Crippen molar-refractivity contribution in [2.45, 2.75) is 19.3 Å². The first-order chi connectivity index (χ1) is 12.3. The zero-order valence-corrected chi connectivity index (χ0v) is 14.0. The number of rotatable bonds is 4. The quantitative estimate of drug-likeness (QED) is 0.760. The van der Waals surface area contributed by atoms with Gasteiger partial charge in [0.05, 0.1) is 12.3 Å². The Kier molecular flexibility index (Phi) is 3.98. The topological polar surface area (TPSA) is 67.0 Å². The van der Waals surface area contributed by atoms with Crippen LogP contribution in [0.4, 0.5) is 5.82 Å². The zero-order valence-electron chi connectivity index (χ0n) is 14.0. The fraction of sp³-hybridized carbons (Fsp3) is 0.200. The number of aromatic nitrogens is 2. The number of hydrogen-bond acceptors (Lipinski definition) is 3. The molecule has 0 unspecified atom stereocenters. The predicted molar refractivity (Wildman–Crippen MR) is 96.7 cm³/mol. The number of nitrogens with zero attached hydrogens (tertiary/aromatic N) is 1. The minimum atomic E-state index is -0.0339. The largest absolute Gasteiger partial charge is 0.494 e. The van der Waals surface area contributed by atoms with E-state index >= 15 is 0 Å². The maximum atomic E-state index is 12.1. The van der Waals surface area contributed by atoms with Crippen molar-refractivity contribution in [1.29, 1.82) is 0 Å². The summed E-state index contributed by atoms with van der Waals surface area (Å²) in [5, 5.41) is 10.3. The Morgan fingerprint density at radius 3 is 2.60 bits per heavy atom. The highest BCUT2D eigenvalue weighted by molar-refractivity contribution is 5.96. The Morgan fingerprint density at radius 2 is 1.88 bits per heavy atom. The number of fused-ring (bicyclic) bond motifs is 1. The van der Waals surface area contributed by atoms with E-state index in [9.17, 15) is 4.79 Å². The van der Waals surface area contributed by atoms with Gasteiger partial charge in [-0.2, -0.15) is 5.10 Å². The van der Waals surface area contributed by atoms with Gasteiger partial charge in [-0.15, -0.1) is 0 Å². The molecular formula is C20H19N3O2. The first-order valence-corrected chi connectivity index (χ1v) is 8.42. The van der Waals surface area contributed by atoms with Gasteiger partial charge in [-0.05, 0) is 30.2 Å². The summed E-state index contributed by atoms with van der Waals surface area (Å²) in [6.45, 7) is 2.60. The van der Waals surface area contributed by atoms with Gasteiger partial charge in [0.25, 0.3) is 0 Å². The van der Waals surface area contributed by atoms with Crippen LogP contribution in [0.1, 0.15) is 30.4 Å². The third-order valence-corrected chi connectivity index (χ3v) is 4.46. The van der Waals surface area contributed by atoms with E-state index in [2.05, 4.69) is 15.5 Å². The second kappa shape index (κ2) is 6.43. The number of carbonyl (C=O) groups is 1. The van der Waals surface area contributed by atoms with Gasteiger partial charge in [0.1, 0.15) is 5.75 Å². The number of aromatic amines is 1. The molecule has 0 aliphatic carbocycles. The molecule has 2 N–H and O–H groups in total. The van der Waals surface area contributed by atoms with Crippen molar-refractivity contribution in [2.75, 3.05) is 11.9 Å². The Hall–Kier alpha value is -3.08. The summed E-state index contributed by atoms with van der Waals surface area (Å²) in [6.07, 6.45) is 0.403. The van der Waals surface area contributed by atoms with Crippen LogP contribution in [0.5, 0.6) is 5.75 Å². The molecule has 1 aromatic heterocycles. The molecule has 2 aromatic carbocycles. The smallest absolute Gasteiger partial charge is 0.226 e. The SMILES string of the molecule is CCOc1ccc([C@@H]2CC(=O)Nc3n[nH]c(-c4ccccc4)c32)cc1. The molecule has 126 valence electrons. The molecule has 1 aliphatic rings. The minimum absolute atomic E-state index is 0.0162. The fourth-order valence-electron chi connectivity index (χ4n) is 3.33. The zero-order chi connectivity index (χ0) is 17.2. The van der Waals surface area contributed by atoms with Crippen molar-refractivity contribution in [2.24, 2.45) is 0 Å². The molecule has 4 rings (SSSR count). The lowest BCUT2D eigenvalue weighted by Gasteiger charge is -2.23. The number of benzene rings is 2. The Morgan fingerprint density at radius 1 is 1.12 bits per heavy atom. The summed E-state index contributed by atoms with van der Waals surface area (Å²) in [7, 11) is 0. The first-order valence-electron chi connectivity index (χ1n) is 8.42. The lowest BCUT2D eigenvalue weighted by Crippen LogP contribution is -2.23. The van der Waals surface area contributed by atoms with E-state index in [-0.39, 0.29) is 11.8 Å². The van der Waals surface area contributed by atoms with Gasteiger partial charge in [-0.25, -0.2) is 0 Å². The van der Waals surface area contributed by atoms with Crippen LogP contribution >= 0.6 is 0 Å². The van der Waals surface area contributed by atoms with Gasteiger partial charge in [0.2, 0.25) is 5.91 Å². The van der Waals surface area contributed by atoms with Crippen molar-refractivity contribution in [1.82, 2.24) is 10.2 Å². The van der Waals surface area contributed by atoms with Crippen LogP contribution in [0.25, 0.3) is 11.3 Å². The molecule has 0 spiro atoms. The lowest BCUT2D eigenvalue weighted by molar-refractivity contribution is -0.116. The predicted octanol–water partition coefficient (Wildman–Crippen LogP) is 3.95. The van der Waals surface area contributed by atoms with E-state index in [0.29, 0.717) is 18.8 Å². The van der Waals surface area contributed by atoms with E-state index < -0.39 is 0 Å². The molecule has 1 aliphatic heterocycles.